The summed E-state index contributed by atoms with van der Waals surface area (Å²) in [5, 5.41) is 3.44. The molecule has 0 aliphatic rings. The van der Waals surface area contributed by atoms with Gasteiger partial charge in [0.15, 0.2) is 5.82 Å². The first-order valence-corrected chi connectivity index (χ1v) is 10.3. The maximum Gasteiger partial charge on any atom is 0.441 e. The highest BCUT2D eigenvalue weighted by molar-refractivity contribution is 5.94. The van der Waals surface area contributed by atoms with Gasteiger partial charge in [0, 0.05) is 0 Å². The van der Waals surface area contributed by atoms with E-state index in [-0.39, 0.29) is 18.7 Å². The second-order valence-electron chi connectivity index (χ2n) is 9.18. The van der Waals surface area contributed by atoms with Crippen LogP contribution in [0.4, 0.5) is 14.0 Å². The van der Waals surface area contributed by atoms with Crippen LogP contribution in [0.3, 0.4) is 0 Å². The first-order valence-electron chi connectivity index (χ1n) is 10.3. The number of methoxy groups -OCH3 is 1. The second-order valence-corrected chi connectivity index (χ2v) is 9.18. The Hall–Kier alpha value is -3.18. The Kier molecular flexibility index (Phi) is 9.37. The fourth-order valence-electron chi connectivity index (χ4n) is 2.57. The SMILES string of the molecule is COC(=O)[C@@H](CC/C=C(/F)Cn1c(C)noc1=O)N(C(=O)OC(C)(C)C)C(=O)OC(C)(C)C. The number of carbonyl (C=O) groups is 3. The molecule has 0 aliphatic carbocycles. The molecule has 0 saturated carbocycles. The number of aryl methyl sites for hydroxylation is 1. The molecule has 0 aromatic carbocycles. The molecule has 11 nitrogen and oxygen atoms in total. The van der Waals surface area contributed by atoms with Gasteiger partial charge in [-0.2, -0.15) is 4.90 Å². The summed E-state index contributed by atoms with van der Waals surface area (Å²) in [4.78, 5) is 50.1. The maximum absolute atomic E-state index is 14.3. The summed E-state index contributed by atoms with van der Waals surface area (Å²) < 4.78 is 35.1. The topological polar surface area (TPSA) is 130 Å². The highest BCUT2D eigenvalue weighted by Crippen LogP contribution is 2.20. The normalized spacial score (nSPS) is 13.3. The predicted molar refractivity (Wildman–Crippen MR) is 114 cm³/mol. The lowest BCUT2D eigenvalue weighted by molar-refractivity contribution is -0.146. The Labute approximate surface area is 191 Å². The third kappa shape index (κ3) is 9.07. The number of carbonyl (C=O) groups excluding carboxylic acids is 3. The molecule has 1 atom stereocenters. The zero-order chi connectivity index (χ0) is 25.6. The molecule has 0 aliphatic heterocycles. The molecular weight excluding hydrogens is 441 g/mol. The average Bonchev–Trinajstić information content (AvgIpc) is 2.95. The molecule has 2 amide bonds. The minimum atomic E-state index is -1.44. The van der Waals surface area contributed by atoms with Gasteiger partial charge in [-0.3, -0.25) is 9.09 Å². The average molecular weight is 473 g/mol. The molecule has 186 valence electrons. The summed E-state index contributed by atoms with van der Waals surface area (Å²) in [6, 6.07) is -1.44. The van der Waals surface area contributed by atoms with Crippen molar-refractivity contribution in [1.82, 2.24) is 14.6 Å². The zero-order valence-electron chi connectivity index (χ0n) is 20.3. The second kappa shape index (κ2) is 11.1. The third-order valence-corrected chi connectivity index (χ3v) is 3.95. The standard InChI is InChI=1S/C21H32FN3O8/c1-13-23-33-17(27)24(13)12-14(22)10-9-11-15(16(26)30-8)25(18(28)31-20(2,3)4)19(29)32-21(5,6)7/h10,15H,9,11-12H2,1-8H3/b14-10+/t15-/m1/s1. The van der Waals surface area contributed by atoms with Gasteiger partial charge in [0.2, 0.25) is 0 Å². The number of aromatic nitrogens is 2. The maximum atomic E-state index is 14.3. The fourth-order valence-corrected chi connectivity index (χ4v) is 2.57. The first kappa shape index (κ1) is 27.9. The summed E-state index contributed by atoms with van der Waals surface area (Å²) in [7, 11) is 1.09. The third-order valence-electron chi connectivity index (χ3n) is 3.95. The summed E-state index contributed by atoms with van der Waals surface area (Å²) in [5.41, 5.74) is -1.93. The van der Waals surface area contributed by atoms with Crippen molar-refractivity contribution >= 4 is 18.2 Å². The van der Waals surface area contributed by atoms with Crippen molar-refractivity contribution in [1.29, 1.82) is 0 Å². The first-order chi connectivity index (χ1) is 15.1. The Bertz CT molecular complexity index is 909. The molecule has 1 aromatic heterocycles. The number of rotatable bonds is 7. The van der Waals surface area contributed by atoms with E-state index in [1.807, 2.05) is 0 Å². The van der Waals surface area contributed by atoms with Crippen LogP contribution in [0.1, 0.15) is 60.2 Å². The number of nitrogens with zero attached hydrogens (tertiary/aromatic N) is 3. The molecule has 1 heterocycles. The van der Waals surface area contributed by atoms with E-state index in [4.69, 9.17) is 14.2 Å². The van der Waals surface area contributed by atoms with Crippen molar-refractivity contribution in [2.24, 2.45) is 0 Å². The van der Waals surface area contributed by atoms with Gasteiger partial charge < -0.3 is 14.2 Å². The number of esters is 1. The molecule has 33 heavy (non-hydrogen) atoms. The van der Waals surface area contributed by atoms with Gasteiger partial charge in [-0.1, -0.05) is 11.2 Å². The Balaban J connectivity index is 3.13. The van der Waals surface area contributed by atoms with Gasteiger partial charge in [0.05, 0.1) is 13.7 Å². The van der Waals surface area contributed by atoms with Gasteiger partial charge in [0.25, 0.3) is 0 Å². The number of halogens is 1. The monoisotopic (exact) mass is 473 g/mol. The predicted octanol–water partition coefficient (Wildman–Crippen LogP) is 3.49. The molecule has 0 radical (unpaired) electrons. The number of imide groups is 1. The highest BCUT2D eigenvalue weighted by Gasteiger charge is 2.40. The number of hydrogen-bond donors (Lipinski definition) is 0. The molecule has 0 N–H and O–H groups in total. The van der Waals surface area contributed by atoms with Crippen LogP contribution < -0.4 is 5.76 Å². The minimum Gasteiger partial charge on any atom is -0.467 e. The van der Waals surface area contributed by atoms with Crippen LogP contribution in [0.25, 0.3) is 0 Å². The van der Waals surface area contributed by atoms with Gasteiger partial charge in [0.1, 0.15) is 23.1 Å². The molecular formula is C21H32FN3O8. The fraction of sp³-hybridized carbons (Fsp3) is 0.667. The van der Waals surface area contributed by atoms with E-state index in [0.717, 1.165) is 17.8 Å². The van der Waals surface area contributed by atoms with Gasteiger partial charge >= 0.3 is 23.9 Å². The van der Waals surface area contributed by atoms with Crippen molar-refractivity contribution in [3.05, 3.63) is 28.3 Å². The highest BCUT2D eigenvalue weighted by atomic mass is 19.1. The summed E-state index contributed by atoms with van der Waals surface area (Å²) in [6.07, 6.45) is -1.36. The van der Waals surface area contributed by atoms with E-state index in [2.05, 4.69) is 9.68 Å². The van der Waals surface area contributed by atoms with E-state index >= 15 is 0 Å². The Morgan fingerprint density at radius 2 is 1.64 bits per heavy atom. The summed E-state index contributed by atoms with van der Waals surface area (Å²) in [6.45, 7) is 10.6. The molecule has 1 aromatic rings. The van der Waals surface area contributed by atoms with Crippen LogP contribution in [0.15, 0.2) is 21.2 Å². The number of amides is 2. The van der Waals surface area contributed by atoms with Crippen LogP contribution >= 0.6 is 0 Å². The van der Waals surface area contributed by atoms with Gasteiger partial charge in [-0.25, -0.2) is 23.6 Å². The molecule has 12 heteroatoms. The molecule has 0 bridgehead atoms. The molecule has 0 fully saturated rings. The summed E-state index contributed by atoms with van der Waals surface area (Å²) in [5.74, 6) is -2.23. The van der Waals surface area contributed by atoms with Crippen LogP contribution in [0, 0.1) is 6.92 Å². The van der Waals surface area contributed by atoms with Crippen molar-refractivity contribution < 1.29 is 37.5 Å². The Morgan fingerprint density at radius 3 is 2.03 bits per heavy atom. The van der Waals surface area contributed by atoms with Crippen molar-refractivity contribution in [2.75, 3.05) is 7.11 Å². The van der Waals surface area contributed by atoms with E-state index in [9.17, 15) is 23.6 Å². The van der Waals surface area contributed by atoms with Crippen LogP contribution in [-0.2, 0) is 25.5 Å². The van der Waals surface area contributed by atoms with E-state index in [1.165, 1.54) is 6.92 Å². The number of allylic oxidation sites excluding steroid dienone is 2. The van der Waals surface area contributed by atoms with Gasteiger partial charge in [-0.05, 0) is 61.3 Å². The minimum absolute atomic E-state index is 0.0766. The molecule has 0 saturated heterocycles. The molecule has 0 unspecified atom stereocenters. The van der Waals surface area contributed by atoms with Crippen LogP contribution in [-0.4, -0.2) is 57.1 Å². The Morgan fingerprint density at radius 1 is 1.12 bits per heavy atom. The van der Waals surface area contributed by atoms with Crippen LogP contribution in [0.2, 0.25) is 0 Å². The molecule has 1 rings (SSSR count). The van der Waals surface area contributed by atoms with Crippen molar-refractivity contribution in [3.8, 4) is 0 Å². The lowest BCUT2D eigenvalue weighted by Crippen LogP contribution is -2.52. The van der Waals surface area contributed by atoms with Crippen LogP contribution in [0.5, 0.6) is 0 Å². The zero-order valence-corrected chi connectivity index (χ0v) is 20.3. The van der Waals surface area contributed by atoms with E-state index < -0.39 is 53.5 Å². The summed E-state index contributed by atoms with van der Waals surface area (Å²) >= 11 is 0. The number of hydrogen-bond acceptors (Lipinski definition) is 9. The van der Waals surface area contributed by atoms with Crippen molar-refractivity contribution in [3.63, 3.8) is 0 Å². The number of ether oxygens (including phenoxy) is 3. The quantitative estimate of drug-likeness (QED) is 0.431. The smallest absolute Gasteiger partial charge is 0.441 e. The molecule has 0 spiro atoms. The lowest BCUT2D eigenvalue weighted by atomic mass is 10.1. The van der Waals surface area contributed by atoms with Gasteiger partial charge in [-0.15, -0.1) is 0 Å². The lowest BCUT2D eigenvalue weighted by Gasteiger charge is -2.32. The van der Waals surface area contributed by atoms with E-state index in [0.29, 0.717) is 4.90 Å². The van der Waals surface area contributed by atoms with Crippen molar-refractivity contribution in [2.45, 2.75) is 85.1 Å². The largest absolute Gasteiger partial charge is 0.467 e. The van der Waals surface area contributed by atoms with E-state index in [1.54, 1.807) is 41.5 Å².